The lowest BCUT2D eigenvalue weighted by atomic mass is 9.77. The van der Waals surface area contributed by atoms with Crippen molar-refractivity contribution in [2.45, 2.75) is 25.8 Å². The summed E-state index contributed by atoms with van der Waals surface area (Å²) in [5.74, 6) is 1.37. The quantitative estimate of drug-likeness (QED) is 0.860. The number of hydrogen-bond acceptors (Lipinski definition) is 5. The van der Waals surface area contributed by atoms with E-state index < -0.39 is 0 Å². The summed E-state index contributed by atoms with van der Waals surface area (Å²) >= 11 is 0. The van der Waals surface area contributed by atoms with Crippen LogP contribution < -0.4 is 10.5 Å². The topological polar surface area (TPSA) is 88.8 Å². The van der Waals surface area contributed by atoms with Crippen molar-refractivity contribution in [1.82, 2.24) is 14.8 Å². The zero-order chi connectivity index (χ0) is 20.4. The van der Waals surface area contributed by atoms with Crippen LogP contribution in [0.25, 0.3) is 0 Å². The number of nitrogen functional groups attached to an aromatic ring is 1. The minimum atomic E-state index is -0.0356. The number of piperidine rings is 1. The normalized spacial score (nSPS) is 18.3. The standard InChI is InChI=1S/C22H26N4O3/c1-29-18-4-2-3-16(11-18)14-26-15-22(12-20(26)27)7-9-25(10-8-22)21(28)17-5-6-19(23)24-13-17/h2-6,11,13H,7-10,12,14-15H2,1H3,(H2,23,24). The van der Waals surface area contributed by atoms with Gasteiger partial charge in [-0.15, -0.1) is 0 Å². The van der Waals surface area contributed by atoms with Crippen molar-refractivity contribution < 1.29 is 14.3 Å². The lowest BCUT2D eigenvalue weighted by molar-refractivity contribution is -0.128. The van der Waals surface area contributed by atoms with Crippen LogP contribution in [-0.4, -0.2) is 53.3 Å². The predicted molar refractivity (Wildman–Crippen MR) is 109 cm³/mol. The van der Waals surface area contributed by atoms with Gasteiger partial charge in [0.2, 0.25) is 5.91 Å². The van der Waals surface area contributed by atoms with Crippen LogP contribution in [0.4, 0.5) is 5.82 Å². The summed E-state index contributed by atoms with van der Waals surface area (Å²) in [5.41, 5.74) is 7.19. The molecule has 0 saturated carbocycles. The second-order valence-electron chi connectivity index (χ2n) is 8.04. The second-order valence-corrected chi connectivity index (χ2v) is 8.04. The number of nitrogens with zero attached hydrogens (tertiary/aromatic N) is 3. The van der Waals surface area contributed by atoms with Crippen LogP contribution >= 0.6 is 0 Å². The number of likely N-dealkylation sites (tertiary alicyclic amines) is 2. The molecule has 0 bridgehead atoms. The van der Waals surface area contributed by atoms with E-state index in [4.69, 9.17) is 10.5 Å². The van der Waals surface area contributed by atoms with E-state index >= 15 is 0 Å². The Morgan fingerprint density at radius 1 is 1.24 bits per heavy atom. The third kappa shape index (κ3) is 4.04. The molecule has 2 saturated heterocycles. The highest BCUT2D eigenvalue weighted by Crippen LogP contribution is 2.41. The van der Waals surface area contributed by atoms with Gasteiger partial charge in [0.25, 0.3) is 5.91 Å². The smallest absolute Gasteiger partial charge is 0.255 e. The van der Waals surface area contributed by atoms with Gasteiger partial charge in [-0.3, -0.25) is 9.59 Å². The fourth-order valence-electron chi connectivity index (χ4n) is 4.35. The number of carbonyl (C=O) groups excluding carboxylic acids is 2. The molecule has 1 aromatic heterocycles. The van der Waals surface area contributed by atoms with Gasteiger partial charge in [0.15, 0.2) is 0 Å². The first-order valence-corrected chi connectivity index (χ1v) is 9.90. The van der Waals surface area contributed by atoms with Crippen molar-refractivity contribution >= 4 is 17.6 Å². The fraction of sp³-hybridized carbons (Fsp3) is 0.409. The number of anilines is 1. The van der Waals surface area contributed by atoms with Crippen molar-refractivity contribution in [1.29, 1.82) is 0 Å². The van der Waals surface area contributed by atoms with E-state index in [0.717, 1.165) is 30.7 Å². The molecule has 2 fully saturated rings. The molecule has 0 radical (unpaired) electrons. The van der Waals surface area contributed by atoms with Crippen molar-refractivity contribution in [3.05, 3.63) is 53.7 Å². The molecule has 2 N–H and O–H groups in total. The van der Waals surface area contributed by atoms with E-state index in [2.05, 4.69) is 4.98 Å². The summed E-state index contributed by atoms with van der Waals surface area (Å²) in [6, 6.07) is 11.2. The molecule has 3 heterocycles. The maximum absolute atomic E-state index is 12.7. The lowest BCUT2D eigenvalue weighted by Gasteiger charge is -2.38. The molecular weight excluding hydrogens is 368 g/mol. The van der Waals surface area contributed by atoms with Gasteiger partial charge in [0.05, 0.1) is 12.7 Å². The van der Waals surface area contributed by atoms with Gasteiger partial charge in [-0.1, -0.05) is 12.1 Å². The zero-order valence-corrected chi connectivity index (χ0v) is 16.6. The van der Waals surface area contributed by atoms with Crippen molar-refractivity contribution in [2.75, 3.05) is 32.5 Å². The van der Waals surface area contributed by atoms with Gasteiger partial charge in [-0.25, -0.2) is 4.98 Å². The fourth-order valence-corrected chi connectivity index (χ4v) is 4.35. The number of aromatic nitrogens is 1. The molecule has 0 unspecified atom stereocenters. The molecule has 2 aliphatic rings. The van der Waals surface area contributed by atoms with Crippen molar-refractivity contribution in [2.24, 2.45) is 5.41 Å². The molecule has 2 amide bonds. The first-order chi connectivity index (χ1) is 14.0. The molecule has 1 spiro atoms. The SMILES string of the molecule is COc1cccc(CN2CC3(CCN(C(=O)c4ccc(N)nc4)CC3)CC2=O)c1. The Morgan fingerprint density at radius 2 is 2.03 bits per heavy atom. The van der Waals surface area contributed by atoms with Crippen LogP contribution in [0.5, 0.6) is 5.75 Å². The summed E-state index contributed by atoms with van der Waals surface area (Å²) in [7, 11) is 1.64. The molecule has 0 aliphatic carbocycles. The summed E-state index contributed by atoms with van der Waals surface area (Å²) in [5, 5.41) is 0. The summed E-state index contributed by atoms with van der Waals surface area (Å²) < 4.78 is 5.28. The van der Waals surface area contributed by atoms with Gasteiger partial charge >= 0.3 is 0 Å². The van der Waals surface area contributed by atoms with Crippen molar-refractivity contribution in [3.8, 4) is 5.75 Å². The maximum Gasteiger partial charge on any atom is 0.255 e. The largest absolute Gasteiger partial charge is 0.497 e. The molecule has 7 heteroatoms. The molecule has 152 valence electrons. The Bertz CT molecular complexity index is 905. The Kier molecular flexibility index (Phi) is 5.13. The number of benzene rings is 1. The predicted octanol–water partition coefficient (Wildman–Crippen LogP) is 2.33. The minimum absolute atomic E-state index is 0.0232. The number of rotatable bonds is 4. The van der Waals surface area contributed by atoms with E-state index in [1.165, 1.54) is 6.20 Å². The molecular formula is C22H26N4O3. The molecule has 2 aliphatic heterocycles. The average molecular weight is 394 g/mol. The highest BCUT2D eigenvalue weighted by atomic mass is 16.5. The van der Waals surface area contributed by atoms with Crippen LogP contribution in [0.1, 0.15) is 35.2 Å². The highest BCUT2D eigenvalue weighted by molar-refractivity contribution is 5.94. The molecule has 0 atom stereocenters. The van der Waals surface area contributed by atoms with Gasteiger partial charge in [-0.2, -0.15) is 0 Å². The van der Waals surface area contributed by atoms with E-state index in [1.54, 1.807) is 19.2 Å². The molecule has 2 aromatic rings. The van der Waals surface area contributed by atoms with Crippen LogP contribution in [0.2, 0.25) is 0 Å². The monoisotopic (exact) mass is 394 g/mol. The van der Waals surface area contributed by atoms with Gasteiger partial charge in [0.1, 0.15) is 11.6 Å². The Hall–Kier alpha value is -3.09. The number of ether oxygens (including phenoxy) is 1. The first kappa shape index (κ1) is 19.2. The van der Waals surface area contributed by atoms with Crippen LogP contribution in [0.3, 0.4) is 0 Å². The molecule has 7 nitrogen and oxygen atoms in total. The summed E-state index contributed by atoms with van der Waals surface area (Å²) in [6.45, 7) is 2.65. The Labute approximate surface area is 170 Å². The number of pyridine rings is 1. The number of hydrogen-bond donors (Lipinski definition) is 1. The van der Waals surface area contributed by atoms with E-state index in [1.807, 2.05) is 34.1 Å². The lowest BCUT2D eigenvalue weighted by Crippen LogP contribution is -2.44. The average Bonchev–Trinajstić information content (AvgIpc) is 3.03. The van der Waals surface area contributed by atoms with Crippen molar-refractivity contribution in [3.63, 3.8) is 0 Å². The van der Waals surface area contributed by atoms with Gasteiger partial charge in [-0.05, 0) is 42.7 Å². The van der Waals surface area contributed by atoms with Gasteiger partial charge < -0.3 is 20.3 Å². The van der Waals surface area contributed by atoms with Gasteiger partial charge in [0, 0.05) is 44.2 Å². The summed E-state index contributed by atoms with van der Waals surface area (Å²) in [6.07, 6.45) is 3.75. The Balaban J connectivity index is 1.37. The van der Waals surface area contributed by atoms with E-state index in [9.17, 15) is 9.59 Å². The maximum atomic E-state index is 12.7. The molecule has 1 aromatic carbocycles. The third-order valence-electron chi connectivity index (χ3n) is 6.06. The van der Waals surface area contributed by atoms with Crippen LogP contribution in [-0.2, 0) is 11.3 Å². The van der Waals surface area contributed by atoms with Crippen LogP contribution in [0, 0.1) is 5.41 Å². The van der Waals surface area contributed by atoms with E-state index in [0.29, 0.717) is 37.4 Å². The second kappa shape index (κ2) is 7.73. The summed E-state index contributed by atoms with van der Waals surface area (Å²) in [4.78, 5) is 33.2. The molecule has 4 rings (SSSR count). The van der Waals surface area contributed by atoms with E-state index in [-0.39, 0.29) is 17.2 Å². The number of amides is 2. The minimum Gasteiger partial charge on any atom is -0.497 e. The number of nitrogens with two attached hydrogens (primary N) is 1. The van der Waals surface area contributed by atoms with Crippen LogP contribution in [0.15, 0.2) is 42.6 Å². The first-order valence-electron chi connectivity index (χ1n) is 9.90. The highest BCUT2D eigenvalue weighted by Gasteiger charge is 2.45. The Morgan fingerprint density at radius 3 is 2.72 bits per heavy atom. The number of carbonyl (C=O) groups is 2. The molecule has 29 heavy (non-hydrogen) atoms. The zero-order valence-electron chi connectivity index (χ0n) is 16.6. The number of methoxy groups -OCH3 is 1. The third-order valence-corrected chi connectivity index (χ3v) is 6.06.